The van der Waals surface area contributed by atoms with E-state index in [4.69, 9.17) is 4.74 Å². The number of nitrogens with zero attached hydrogens (tertiary/aromatic N) is 1. The zero-order valence-electron chi connectivity index (χ0n) is 10.5. The van der Waals surface area contributed by atoms with Gasteiger partial charge in [0, 0.05) is 31.7 Å². The minimum Gasteiger partial charge on any atom is -0.496 e. The molecule has 1 aliphatic heterocycles. The monoisotopic (exact) mass is 254 g/mol. The largest absolute Gasteiger partial charge is 0.496 e. The van der Waals surface area contributed by atoms with Crippen molar-refractivity contribution in [2.45, 2.75) is 6.04 Å². The highest BCUT2D eigenvalue weighted by atomic mass is 19.1. The number of aliphatic hydroxyl groups is 1. The van der Waals surface area contributed by atoms with Gasteiger partial charge in [0.15, 0.2) is 0 Å². The second-order valence-electron chi connectivity index (χ2n) is 4.34. The zero-order valence-corrected chi connectivity index (χ0v) is 10.5. The molecular formula is C13H19FN2O2. The zero-order chi connectivity index (χ0) is 13.0. The lowest BCUT2D eigenvalue weighted by atomic mass is 10.0. The van der Waals surface area contributed by atoms with E-state index in [0.717, 1.165) is 26.2 Å². The predicted molar refractivity (Wildman–Crippen MR) is 67.2 cm³/mol. The summed E-state index contributed by atoms with van der Waals surface area (Å²) < 4.78 is 19.2. The molecule has 1 saturated heterocycles. The van der Waals surface area contributed by atoms with Crippen LogP contribution >= 0.6 is 0 Å². The van der Waals surface area contributed by atoms with Crippen LogP contribution in [0.3, 0.4) is 0 Å². The van der Waals surface area contributed by atoms with Gasteiger partial charge in [-0.25, -0.2) is 4.39 Å². The number of methoxy groups -OCH3 is 1. The third-order valence-corrected chi connectivity index (χ3v) is 3.33. The van der Waals surface area contributed by atoms with Crippen LogP contribution in [-0.4, -0.2) is 49.9 Å². The molecule has 1 atom stereocenters. The number of rotatable bonds is 4. The summed E-state index contributed by atoms with van der Waals surface area (Å²) in [4.78, 5) is 2.08. The van der Waals surface area contributed by atoms with E-state index in [1.165, 1.54) is 13.2 Å². The number of hydrogen-bond donors (Lipinski definition) is 2. The first-order valence-corrected chi connectivity index (χ1v) is 6.16. The Morgan fingerprint density at radius 1 is 1.44 bits per heavy atom. The molecule has 0 amide bonds. The summed E-state index contributed by atoms with van der Waals surface area (Å²) in [6.07, 6.45) is 0. The number of piperazine rings is 1. The van der Waals surface area contributed by atoms with Gasteiger partial charge in [-0.05, 0) is 12.1 Å². The number of halogens is 1. The van der Waals surface area contributed by atoms with Crippen molar-refractivity contribution >= 4 is 0 Å². The predicted octanol–water partition coefficient (Wildman–Crippen LogP) is 0.773. The van der Waals surface area contributed by atoms with Crippen molar-refractivity contribution in [2.24, 2.45) is 0 Å². The number of nitrogens with one attached hydrogen (secondary N) is 1. The third kappa shape index (κ3) is 2.63. The topological polar surface area (TPSA) is 44.7 Å². The Hall–Kier alpha value is -1.17. The Morgan fingerprint density at radius 2 is 2.17 bits per heavy atom. The summed E-state index contributed by atoms with van der Waals surface area (Å²) in [6, 6.07) is 4.40. The molecule has 1 fully saturated rings. The van der Waals surface area contributed by atoms with Crippen LogP contribution in [-0.2, 0) is 0 Å². The van der Waals surface area contributed by atoms with Crippen molar-refractivity contribution in [1.29, 1.82) is 0 Å². The molecule has 4 nitrogen and oxygen atoms in total. The summed E-state index contributed by atoms with van der Waals surface area (Å²) in [7, 11) is 1.52. The first-order valence-electron chi connectivity index (χ1n) is 6.16. The van der Waals surface area contributed by atoms with Gasteiger partial charge in [0.2, 0.25) is 0 Å². The van der Waals surface area contributed by atoms with Crippen LogP contribution in [0.5, 0.6) is 5.75 Å². The van der Waals surface area contributed by atoms with Crippen molar-refractivity contribution in [3.63, 3.8) is 0 Å². The van der Waals surface area contributed by atoms with Gasteiger partial charge in [-0.3, -0.25) is 4.90 Å². The molecule has 0 spiro atoms. The Kier molecular flexibility index (Phi) is 4.52. The fourth-order valence-corrected chi connectivity index (χ4v) is 2.40. The summed E-state index contributed by atoms with van der Waals surface area (Å²) in [5.41, 5.74) is 0.449. The molecule has 100 valence electrons. The number of aliphatic hydroxyl groups excluding tert-OH is 1. The van der Waals surface area contributed by atoms with Crippen molar-refractivity contribution in [1.82, 2.24) is 10.2 Å². The van der Waals surface area contributed by atoms with Crippen LogP contribution in [0.15, 0.2) is 18.2 Å². The molecule has 2 N–H and O–H groups in total. The fraction of sp³-hybridized carbons (Fsp3) is 0.538. The molecule has 1 aromatic rings. The molecule has 0 radical (unpaired) electrons. The lowest BCUT2D eigenvalue weighted by molar-refractivity contribution is 0.106. The molecule has 5 heteroatoms. The van der Waals surface area contributed by atoms with E-state index < -0.39 is 0 Å². The summed E-state index contributed by atoms with van der Waals surface area (Å²) in [6.45, 7) is 3.18. The third-order valence-electron chi connectivity index (χ3n) is 3.33. The van der Waals surface area contributed by atoms with Gasteiger partial charge in [-0.2, -0.15) is 0 Å². The highest BCUT2D eigenvalue weighted by molar-refractivity contribution is 5.37. The van der Waals surface area contributed by atoms with E-state index in [9.17, 15) is 9.50 Å². The number of hydrogen-bond acceptors (Lipinski definition) is 4. The van der Waals surface area contributed by atoms with Crippen LogP contribution < -0.4 is 10.1 Å². The van der Waals surface area contributed by atoms with Gasteiger partial charge >= 0.3 is 0 Å². The van der Waals surface area contributed by atoms with Crippen molar-refractivity contribution in [3.8, 4) is 5.75 Å². The maximum absolute atomic E-state index is 14.0. The van der Waals surface area contributed by atoms with E-state index in [0.29, 0.717) is 11.3 Å². The SMILES string of the molecule is COc1cccc(F)c1[C@H](CO)N1CCNCC1. The molecular weight excluding hydrogens is 235 g/mol. The van der Waals surface area contributed by atoms with Gasteiger partial charge in [-0.15, -0.1) is 0 Å². The summed E-state index contributed by atoms with van der Waals surface area (Å²) in [5.74, 6) is 0.166. The van der Waals surface area contributed by atoms with Crippen LogP contribution in [0.1, 0.15) is 11.6 Å². The van der Waals surface area contributed by atoms with E-state index in [1.54, 1.807) is 12.1 Å². The second-order valence-corrected chi connectivity index (χ2v) is 4.34. The average molecular weight is 254 g/mol. The maximum atomic E-state index is 14.0. The standard InChI is InChI=1S/C13H19FN2O2/c1-18-12-4-2-3-10(14)13(12)11(9-17)16-7-5-15-6-8-16/h2-4,11,15,17H,5-9H2,1H3/t11-/m0/s1. The Labute approximate surface area is 106 Å². The molecule has 0 saturated carbocycles. The highest BCUT2D eigenvalue weighted by Gasteiger charge is 2.26. The average Bonchev–Trinajstić information content (AvgIpc) is 2.42. The quantitative estimate of drug-likeness (QED) is 0.833. The second kappa shape index (κ2) is 6.13. The van der Waals surface area contributed by atoms with E-state index >= 15 is 0 Å². The van der Waals surface area contributed by atoms with Crippen LogP contribution in [0.25, 0.3) is 0 Å². The van der Waals surface area contributed by atoms with Gasteiger partial charge in [-0.1, -0.05) is 6.07 Å². The maximum Gasteiger partial charge on any atom is 0.131 e. The molecule has 1 heterocycles. The molecule has 1 aromatic carbocycles. The first kappa shape index (κ1) is 13.3. The molecule has 2 rings (SSSR count). The Morgan fingerprint density at radius 3 is 2.78 bits per heavy atom. The Bertz CT molecular complexity index is 395. The smallest absolute Gasteiger partial charge is 0.131 e. The minimum absolute atomic E-state index is 0.114. The number of ether oxygens (including phenoxy) is 1. The fourth-order valence-electron chi connectivity index (χ4n) is 2.40. The molecule has 0 aliphatic carbocycles. The molecule has 18 heavy (non-hydrogen) atoms. The lowest BCUT2D eigenvalue weighted by Crippen LogP contribution is -2.46. The molecule has 0 unspecified atom stereocenters. The summed E-state index contributed by atoms with van der Waals surface area (Å²) in [5, 5.41) is 12.8. The van der Waals surface area contributed by atoms with Crippen LogP contribution in [0.2, 0.25) is 0 Å². The lowest BCUT2D eigenvalue weighted by Gasteiger charge is -2.34. The van der Waals surface area contributed by atoms with Crippen LogP contribution in [0, 0.1) is 5.82 Å². The summed E-state index contributed by atoms with van der Waals surface area (Å²) >= 11 is 0. The van der Waals surface area contributed by atoms with Crippen molar-refractivity contribution in [3.05, 3.63) is 29.6 Å². The van der Waals surface area contributed by atoms with Gasteiger partial charge < -0.3 is 15.2 Å². The van der Waals surface area contributed by atoms with Crippen molar-refractivity contribution in [2.75, 3.05) is 39.9 Å². The number of benzene rings is 1. The first-order chi connectivity index (χ1) is 8.77. The van der Waals surface area contributed by atoms with E-state index in [2.05, 4.69) is 10.2 Å². The van der Waals surface area contributed by atoms with Gasteiger partial charge in [0.05, 0.1) is 19.8 Å². The van der Waals surface area contributed by atoms with Crippen LogP contribution in [0.4, 0.5) is 4.39 Å². The highest BCUT2D eigenvalue weighted by Crippen LogP contribution is 2.31. The molecule has 1 aliphatic rings. The Balaban J connectivity index is 2.31. The van der Waals surface area contributed by atoms with Gasteiger partial charge in [0.1, 0.15) is 11.6 Å². The van der Waals surface area contributed by atoms with Crippen molar-refractivity contribution < 1.29 is 14.2 Å². The minimum atomic E-state index is -0.344. The van der Waals surface area contributed by atoms with Gasteiger partial charge in [0.25, 0.3) is 0 Å². The van der Waals surface area contributed by atoms with E-state index in [1.807, 2.05) is 0 Å². The van der Waals surface area contributed by atoms with E-state index in [-0.39, 0.29) is 18.5 Å². The molecule has 0 bridgehead atoms. The molecule has 0 aromatic heterocycles. The normalized spacial score (nSPS) is 18.6.